The molecule has 4 heteroatoms. The highest BCUT2D eigenvalue weighted by Crippen LogP contribution is 2.27. The third kappa shape index (κ3) is 3.79. The first-order valence-corrected chi connectivity index (χ1v) is 7.66. The van der Waals surface area contributed by atoms with Crippen LogP contribution >= 0.6 is 0 Å². The van der Waals surface area contributed by atoms with Gasteiger partial charge >= 0.3 is 5.63 Å². The average Bonchev–Trinajstić information content (AvgIpc) is 2.59. The van der Waals surface area contributed by atoms with Crippen LogP contribution in [0.3, 0.4) is 0 Å². The standard InChI is InChI=1S/C19H19NO3/c1-20-12-11-18(14-5-3-2-4-6-14)22-16-8-9-17-15(13-16)7-10-19(21)23-17/h2-10,13,18,20H,11-12H2,1H3. The molecule has 0 aliphatic carbocycles. The van der Waals surface area contributed by atoms with E-state index in [4.69, 9.17) is 9.15 Å². The summed E-state index contributed by atoms with van der Waals surface area (Å²) in [5.41, 5.74) is 1.36. The number of benzene rings is 2. The highest BCUT2D eigenvalue weighted by atomic mass is 16.5. The van der Waals surface area contributed by atoms with Crippen molar-refractivity contribution < 1.29 is 9.15 Å². The Morgan fingerprint density at radius 2 is 1.91 bits per heavy atom. The quantitative estimate of drug-likeness (QED) is 0.708. The topological polar surface area (TPSA) is 51.5 Å². The van der Waals surface area contributed by atoms with Gasteiger partial charge < -0.3 is 14.5 Å². The molecule has 2 aromatic carbocycles. The summed E-state index contributed by atoms with van der Waals surface area (Å²) in [7, 11) is 1.93. The fourth-order valence-electron chi connectivity index (χ4n) is 2.52. The van der Waals surface area contributed by atoms with Gasteiger partial charge in [0.25, 0.3) is 0 Å². The van der Waals surface area contributed by atoms with Gasteiger partial charge in [0, 0.05) is 17.9 Å². The highest BCUT2D eigenvalue weighted by molar-refractivity contribution is 5.77. The SMILES string of the molecule is CNCCC(Oc1ccc2oc(=O)ccc2c1)c1ccccc1. The van der Waals surface area contributed by atoms with Gasteiger partial charge in [0.15, 0.2) is 0 Å². The fraction of sp³-hybridized carbons (Fsp3) is 0.211. The Hall–Kier alpha value is -2.59. The molecule has 1 atom stereocenters. The second-order valence-electron chi connectivity index (χ2n) is 5.36. The molecule has 1 aromatic heterocycles. The van der Waals surface area contributed by atoms with Gasteiger partial charge in [-0.15, -0.1) is 0 Å². The lowest BCUT2D eigenvalue weighted by molar-refractivity contribution is 0.195. The molecule has 0 bridgehead atoms. The monoisotopic (exact) mass is 309 g/mol. The third-order valence-electron chi connectivity index (χ3n) is 3.70. The normalized spacial score (nSPS) is 12.2. The van der Waals surface area contributed by atoms with Crippen LogP contribution in [0, 0.1) is 0 Å². The first kappa shape index (κ1) is 15.3. The molecule has 0 radical (unpaired) electrons. The largest absolute Gasteiger partial charge is 0.486 e. The first-order chi connectivity index (χ1) is 11.3. The molecular formula is C19H19NO3. The van der Waals surface area contributed by atoms with Gasteiger partial charge in [0.05, 0.1) is 0 Å². The third-order valence-corrected chi connectivity index (χ3v) is 3.70. The van der Waals surface area contributed by atoms with Gasteiger partial charge in [0.1, 0.15) is 17.4 Å². The Balaban J connectivity index is 1.87. The van der Waals surface area contributed by atoms with Crippen LogP contribution in [-0.2, 0) is 0 Å². The average molecular weight is 309 g/mol. The number of fused-ring (bicyclic) bond motifs is 1. The Kier molecular flexibility index (Phi) is 4.74. The fourth-order valence-corrected chi connectivity index (χ4v) is 2.52. The van der Waals surface area contributed by atoms with Crippen molar-refractivity contribution in [1.29, 1.82) is 0 Å². The molecule has 118 valence electrons. The summed E-state index contributed by atoms with van der Waals surface area (Å²) in [6, 6.07) is 18.8. The van der Waals surface area contributed by atoms with E-state index in [0.29, 0.717) is 5.58 Å². The zero-order valence-electron chi connectivity index (χ0n) is 13.0. The minimum absolute atomic E-state index is 0.0307. The van der Waals surface area contributed by atoms with Gasteiger partial charge in [-0.2, -0.15) is 0 Å². The van der Waals surface area contributed by atoms with E-state index in [-0.39, 0.29) is 11.7 Å². The van der Waals surface area contributed by atoms with Crippen LogP contribution in [0.4, 0.5) is 0 Å². The van der Waals surface area contributed by atoms with Crippen LogP contribution in [0.25, 0.3) is 11.0 Å². The molecule has 3 rings (SSSR count). The van der Waals surface area contributed by atoms with Crippen molar-refractivity contribution in [2.45, 2.75) is 12.5 Å². The molecule has 4 nitrogen and oxygen atoms in total. The van der Waals surface area contributed by atoms with Gasteiger partial charge in [-0.3, -0.25) is 0 Å². The highest BCUT2D eigenvalue weighted by Gasteiger charge is 2.13. The van der Waals surface area contributed by atoms with Crippen LogP contribution in [0.2, 0.25) is 0 Å². The summed E-state index contributed by atoms with van der Waals surface area (Å²) in [5.74, 6) is 0.760. The smallest absolute Gasteiger partial charge is 0.336 e. The lowest BCUT2D eigenvalue weighted by Gasteiger charge is -2.20. The summed E-state index contributed by atoms with van der Waals surface area (Å²) >= 11 is 0. The Labute approximate surface area is 134 Å². The minimum atomic E-state index is -0.345. The van der Waals surface area contributed by atoms with E-state index >= 15 is 0 Å². The van der Waals surface area contributed by atoms with Gasteiger partial charge in [-0.05, 0) is 43.4 Å². The Bertz CT molecular complexity index is 827. The van der Waals surface area contributed by atoms with Gasteiger partial charge in [-0.1, -0.05) is 30.3 Å². The molecule has 1 heterocycles. The Morgan fingerprint density at radius 3 is 2.70 bits per heavy atom. The predicted octanol–water partition coefficient (Wildman–Crippen LogP) is 3.52. The van der Waals surface area contributed by atoms with Crippen LogP contribution < -0.4 is 15.7 Å². The summed E-state index contributed by atoms with van der Waals surface area (Å²) in [6.45, 7) is 0.863. The van der Waals surface area contributed by atoms with Crippen LogP contribution in [-0.4, -0.2) is 13.6 Å². The number of ether oxygens (including phenoxy) is 1. The molecule has 0 amide bonds. The molecule has 1 N–H and O–H groups in total. The maximum absolute atomic E-state index is 11.2. The number of rotatable bonds is 6. The maximum Gasteiger partial charge on any atom is 0.336 e. The summed E-state index contributed by atoms with van der Waals surface area (Å²) in [4.78, 5) is 11.2. The zero-order valence-corrected chi connectivity index (χ0v) is 13.0. The van der Waals surface area contributed by atoms with E-state index in [1.165, 1.54) is 6.07 Å². The second-order valence-corrected chi connectivity index (χ2v) is 5.36. The molecular weight excluding hydrogens is 290 g/mol. The van der Waals surface area contributed by atoms with Crippen LogP contribution in [0.15, 0.2) is 69.9 Å². The molecule has 1 unspecified atom stereocenters. The zero-order chi connectivity index (χ0) is 16.1. The molecule has 0 aliphatic heterocycles. The molecule has 3 aromatic rings. The number of hydrogen-bond donors (Lipinski definition) is 1. The molecule has 0 aliphatic rings. The minimum Gasteiger partial charge on any atom is -0.486 e. The first-order valence-electron chi connectivity index (χ1n) is 7.66. The van der Waals surface area contributed by atoms with Crippen molar-refractivity contribution in [2.24, 2.45) is 0 Å². The van der Waals surface area contributed by atoms with E-state index in [1.807, 2.05) is 37.4 Å². The van der Waals surface area contributed by atoms with E-state index in [9.17, 15) is 4.79 Å². The predicted molar refractivity (Wildman–Crippen MR) is 90.8 cm³/mol. The molecule has 0 spiro atoms. The molecule has 23 heavy (non-hydrogen) atoms. The number of nitrogens with one attached hydrogen (secondary N) is 1. The van der Waals surface area contributed by atoms with E-state index in [2.05, 4.69) is 17.4 Å². The summed E-state index contributed by atoms with van der Waals surface area (Å²) < 4.78 is 11.3. The summed E-state index contributed by atoms with van der Waals surface area (Å²) in [6.07, 6.45) is 0.833. The van der Waals surface area contributed by atoms with Crippen LogP contribution in [0.5, 0.6) is 5.75 Å². The van der Waals surface area contributed by atoms with Crippen molar-refractivity contribution in [3.8, 4) is 5.75 Å². The van der Waals surface area contributed by atoms with E-state index < -0.39 is 0 Å². The lowest BCUT2D eigenvalue weighted by atomic mass is 10.1. The number of hydrogen-bond acceptors (Lipinski definition) is 4. The van der Waals surface area contributed by atoms with Crippen LogP contribution in [0.1, 0.15) is 18.1 Å². The second kappa shape index (κ2) is 7.11. The van der Waals surface area contributed by atoms with Gasteiger partial charge in [0.2, 0.25) is 0 Å². The van der Waals surface area contributed by atoms with Crippen molar-refractivity contribution in [3.05, 3.63) is 76.6 Å². The van der Waals surface area contributed by atoms with E-state index in [0.717, 1.165) is 29.7 Å². The van der Waals surface area contributed by atoms with Crippen molar-refractivity contribution in [1.82, 2.24) is 5.32 Å². The molecule has 0 saturated heterocycles. The Morgan fingerprint density at radius 1 is 1.09 bits per heavy atom. The van der Waals surface area contributed by atoms with Crippen molar-refractivity contribution in [2.75, 3.05) is 13.6 Å². The van der Waals surface area contributed by atoms with Crippen molar-refractivity contribution in [3.63, 3.8) is 0 Å². The van der Waals surface area contributed by atoms with Crippen molar-refractivity contribution >= 4 is 11.0 Å². The van der Waals surface area contributed by atoms with E-state index in [1.54, 1.807) is 12.1 Å². The molecule has 0 fully saturated rings. The lowest BCUT2D eigenvalue weighted by Crippen LogP contribution is -2.16. The molecule has 0 saturated carbocycles. The summed E-state index contributed by atoms with van der Waals surface area (Å²) in [5, 5.41) is 4.01. The maximum atomic E-state index is 11.2. The van der Waals surface area contributed by atoms with Gasteiger partial charge in [-0.25, -0.2) is 4.79 Å².